The van der Waals surface area contributed by atoms with Crippen LogP contribution >= 0.6 is 0 Å². The van der Waals surface area contributed by atoms with Crippen LogP contribution in [0.1, 0.15) is 16.7 Å². The fourth-order valence-corrected chi connectivity index (χ4v) is 4.01. The van der Waals surface area contributed by atoms with Crippen LogP contribution in [0, 0.1) is 6.92 Å². The Balaban J connectivity index is 1.81. The molecule has 4 rings (SSSR count). The zero-order valence-electron chi connectivity index (χ0n) is 20.5. The van der Waals surface area contributed by atoms with E-state index in [4.69, 9.17) is 23.9 Å². The van der Waals surface area contributed by atoms with Crippen molar-refractivity contribution in [3.8, 4) is 28.7 Å². The molecule has 0 aliphatic rings. The third-order valence-electron chi connectivity index (χ3n) is 5.84. The van der Waals surface area contributed by atoms with E-state index < -0.39 is 0 Å². The molecule has 0 saturated heterocycles. The molecule has 8 nitrogen and oxygen atoms in total. The van der Waals surface area contributed by atoms with Crippen molar-refractivity contribution in [1.29, 1.82) is 0 Å². The van der Waals surface area contributed by atoms with E-state index in [0.717, 1.165) is 39.5 Å². The van der Waals surface area contributed by atoms with Crippen molar-refractivity contribution in [2.45, 2.75) is 20.0 Å². The van der Waals surface area contributed by atoms with Crippen molar-refractivity contribution in [2.75, 3.05) is 33.3 Å². The highest BCUT2D eigenvalue weighted by atomic mass is 16.5. The van der Waals surface area contributed by atoms with E-state index in [9.17, 15) is 5.11 Å². The second kappa shape index (κ2) is 10.4. The summed E-state index contributed by atoms with van der Waals surface area (Å²) in [7, 11) is 6.54. The Morgan fingerprint density at radius 1 is 0.771 bits per heavy atom. The molecule has 0 aliphatic carbocycles. The Labute approximate surface area is 204 Å². The van der Waals surface area contributed by atoms with Crippen molar-refractivity contribution in [3.05, 3.63) is 71.4 Å². The molecule has 0 atom stereocenters. The zero-order chi connectivity index (χ0) is 24.9. The van der Waals surface area contributed by atoms with Gasteiger partial charge in [-0.2, -0.15) is 0 Å². The van der Waals surface area contributed by atoms with Gasteiger partial charge in [0.25, 0.3) is 0 Å². The molecule has 8 heteroatoms. The summed E-state index contributed by atoms with van der Waals surface area (Å²) in [5.74, 6) is 3.67. The topological polar surface area (TPSA) is 86.2 Å². The number of hydrogen-bond donors (Lipinski definition) is 1. The molecule has 0 amide bonds. The average Bonchev–Trinajstić information content (AvgIpc) is 2.88. The molecule has 2 aromatic carbocycles. The van der Waals surface area contributed by atoms with Gasteiger partial charge in [0.15, 0.2) is 0 Å². The summed E-state index contributed by atoms with van der Waals surface area (Å²) >= 11 is 0. The molecule has 0 bridgehead atoms. The van der Waals surface area contributed by atoms with Crippen molar-refractivity contribution < 1.29 is 24.1 Å². The number of aryl methyl sites for hydroxylation is 1. The molecule has 1 N–H and O–H groups in total. The summed E-state index contributed by atoms with van der Waals surface area (Å²) in [5, 5.41) is 9.98. The van der Waals surface area contributed by atoms with Crippen LogP contribution in [0.3, 0.4) is 0 Å². The van der Waals surface area contributed by atoms with Gasteiger partial charge < -0.3 is 29.0 Å². The molecule has 0 aliphatic heterocycles. The Kier molecular flexibility index (Phi) is 7.10. The smallest absolute Gasteiger partial charge is 0.136 e. The normalized spacial score (nSPS) is 10.8. The van der Waals surface area contributed by atoms with Crippen molar-refractivity contribution in [3.63, 3.8) is 0 Å². The maximum Gasteiger partial charge on any atom is 0.136 e. The quantitative estimate of drug-likeness (QED) is 0.366. The van der Waals surface area contributed by atoms with Crippen molar-refractivity contribution in [1.82, 2.24) is 9.97 Å². The van der Waals surface area contributed by atoms with Gasteiger partial charge >= 0.3 is 0 Å². The van der Waals surface area contributed by atoms with Crippen LogP contribution in [0.15, 0.2) is 54.7 Å². The molecule has 0 unspecified atom stereocenters. The first-order valence-corrected chi connectivity index (χ1v) is 11.1. The fourth-order valence-electron chi connectivity index (χ4n) is 4.01. The lowest BCUT2D eigenvalue weighted by atomic mass is 10.1. The number of anilines is 1. The number of fused-ring (bicyclic) bond motifs is 1. The van der Waals surface area contributed by atoms with Crippen molar-refractivity contribution in [2.24, 2.45) is 0 Å². The Hall–Kier alpha value is -4.20. The van der Waals surface area contributed by atoms with Crippen LogP contribution in [0.4, 0.5) is 5.82 Å². The van der Waals surface area contributed by atoms with Crippen LogP contribution < -0.4 is 23.8 Å². The third kappa shape index (κ3) is 5.16. The van der Waals surface area contributed by atoms with Crippen LogP contribution in [-0.4, -0.2) is 43.5 Å². The minimum Gasteiger partial charge on any atom is -0.506 e. The molecule has 0 fully saturated rings. The van der Waals surface area contributed by atoms with Crippen molar-refractivity contribution >= 4 is 16.9 Å². The van der Waals surface area contributed by atoms with E-state index >= 15 is 0 Å². The number of aromatic nitrogens is 2. The van der Waals surface area contributed by atoms with E-state index in [1.165, 1.54) is 6.20 Å². The number of nitrogens with zero attached hydrogens (tertiary/aromatic N) is 3. The number of rotatable bonds is 9. The molecule has 182 valence electrons. The maximum absolute atomic E-state index is 9.98. The first-order valence-electron chi connectivity index (χ1n) is 11.1. The first-order chi connectivity index (χ1) is 16.9. The summed E-state index contributed by atoms with van der Waals surface area (Å²) < 4.78 is 22.0. The second-order valence-electron chi connectivity index (χ2n) is 8.07. The molecule has 0 saturated carbocycles. The number of aromatic hydroxyl groups is 1. The summed E-state index contributed by atoms with van der Waals surface area (Å²) in [5.41, 5.74) is 4.26. The predicted octanol–water partition coefficient (Wildman–Crippen LogP) is 4.89. The van der Waals surface area contributed by atoms with E-state index in [0.29, 0.717) is 30.1 Å². The maximum atomic E-state index is 9.98. The standard InChI is InChI=1S/C27H29N3O5/c1-17-10-26(29-23-11-20(31)14-28-27(17)23)30(15-18-6-8-21(32-2)12-24(18)34-4)16-19-7-9-22(33-3)13-25(19)35-5/h6-14,31H,15-16H2,1-5H3. The monoisotopic (exact) mass is 475 g/mol. The first kappa shape index (κ1) is 23.9. The Morgan fingerprint density at radius 2 is 1.34 bits per heavy atom. The Bertz CT molecular complexity index is 1280. The number of benzene rings is 2. The lowest BCUT2D eigenvalue weighted by Crippen LogP contribution is -2.24. The zero-order valence-corrected chi connectivity index (χ0v) is 20.5. The summed E-state index contributed by atoms with van der Waals surface area (Å²) in [4.78, 5) is 11.3. The Morgan fingerprint density at radius 3 is 1.86 bits per heavy atom. The number of pyridine rings is 2. The molecule has 2 aromatic heterocycles. The highest BCUT2D eigenvalue weighted by Gasteiger charge is 2.18. The fraction of sp³-hybridized carbons (Fsp3) is 0.259. The van der Waals surface area contributed by atoms with E-state index in [1.807, 2.05) is 49.4 Å². The van der Waals surface area contributed by atoms with Crippen LogP contribution in [0.25, 0.3) is 11.0 Å². The van der Waals surface area contributed by atoms with Gasteiger partial charge in [0, 0.05) is 42.4 Å². The van der Waals surface area contributed by atoms with Gasteiger partial charge in [-0.1, -0.05) is 0 Å². The average molecular weight is 476 g/mol. The highest BCUT2D eigenvalue weighted by molar-refractivity contribution is 5.81. The summed E-state index contributed by atoms with van der Waals surface area (Å²) in [6.45, 7) is 3.00. The predicted molar refractivity (Wildman–Crippen MR) is 135 cm³/mol. The van der Waals surface area contributed by atoms with Gasteiger partial charge in [0.05, 0.1) is 45.7 Å². The van der Waals surface area contributed by atoms with E-state index in [-0.39, 0.29) is 5.75 Å². The number of ether oxygens (including phenoxy) is 4. The highest BCUT2D eigenvalue weighted by Crippen LogP contribution is 2.32. The third-order valence-corrected chi connectivity index (χ3v) is 5.84. The van der Waals surface area contributed by atoms with Gasteiger partial charge in [0.1, 0.15) is 34.6 Å². The van der Waals surface area contributed by atoms with E-state index in [1.54, 1.807) is 34.5 Å². The van der Waals surface area contributed by atoms with Crippen LogP contribution in [0.5, 0.6) is 28.7 Å². The lowest BCUT2D eigenvalue weighted by Gasteiger charge is -2.26. The van der Waals surface area contributed by atoms with Crippen LogP contribution in [0.2, 0.25) is 0 Å². The minimum absolute atomic E-state index is 0.0711. The molecule has 2 heterocycles. The SMILES string of the molecule is COc1ccc(CN(Cc2ccc(OC)cc2OC)c2cc(C)c3ncc(O)cc3n2)c(OC)c1. The number of hydrogen-bond acceptors (Lipinski definition) is 8. The van der Waals surface area contributed by atoms with Gasteiger partial charge in [-0.25, -0.2) is 4.98 Å². The van der Waals surface area contributed by atoms with Gasteiger partial charge in [-0.3, -0.25) is 4.98 Å². The molecular formula is C27H29N3O5. The molecule has 0 radical (unpaired) electrons. The summed E-state index contributed by atoms with van der Waals surface area (Å²) in [6, 6.07) is 15.1. The van der Waals surface area contributed by atoms with Crippen LogP contribution in [-0.2, 0) is 13.1 Å². The molecule has 35 heavy (non-hydrogen) atoms. The molecule has 4 aromatic rings. The van der Waals surface area contributed by atoms with Gasteiger partial charge in [-0.15, -0.1) is 0 Å². The minimum atomic E-state index is 0.0711. The summed E-state index contributed by atoms with van der Waals surface area (Å²) in [6.07, 6.45) is 1.43. The lowest BCUT2D eigenvalue weighted by molar-refractivity contribution is 0.389. The number of methoxy groups -OCH3 is 4. The molecular weight excluding hydrogens is 446 g/mol. The molecule has 0 spiro atoms. The largest absolute Gasteiger partial charge is 0.506 e. The second-order valence-corrected chi connectivity index (χ2v) is 8.07. The van der Waals surface area contributed by atoms with Gasteiger partial charge in [-0.05, 0) is 42.8 Å². The van der Waals surface area contributed by atoms with E-state index in [2.05, 4.69) is 9.88 Å². The van der Waals surface area contributed by atoms with Gasteiger partial charge in [0.2, 0.25) is 0 Å².